The second-order valence-corrected chi connectivity index (χ2v) is 20.9. The fourth-order valence-corrected chi connectivity index (χ4v) is 8.64. The summed E-state index contributed by atoms with van der Waals surface area (Å²) in [5.74, 6) is 2.42. The second-order valence-electron chi connectivity index (χ2n) is 12.0. The Bertz CT molecular complexity index is 766. The largest absolute Gasteiger partial charge is 0.544 e. The van der Waals surface area contributed by atoms with E-state index in [0.717, 1.165) is 18.6 Å². The lowest BCUT2D eigenvalue weighted by atomic mass is 9.54. The van der Waals surface area contributed by atoms with E-state index < -0.39 is 16.6 Å². The van der Waals surface area contributed by atoms with Crippen LogP contribution in [0.5, 0.6) is 5.75 Å². The molecule has 1 N–H and O–H groups in total. The summed E-state index contributed by atoms with van der Waals surface area (Å²) in [5.41, 5.74) is 3.01. The molecule has 0 bridgehead atoms. The Morgan fingerprint density at radius 2 is 1.72 bits per heavy atom. The Hall–Kier alpha value is -0.626. The molecule has 162 valence electrons. The van der Waals surface area contributed by atoms with Gasteiger partial charge in [-0.1, -0.05) is 13.0 Å². The monoisotopic (exact) mass is 432 g/mol. The zero-order valence-electron chi connectivity index (χ0n) is 19.4. The number of aliphatic hydroxyl groups is 1. The number of hydrogen-bond donors (Lipinski definition) is 1. The summed E-state index contributed by atoms with van der Waals surface area (Å²) < 4.78 is 12.9. The minimum absolute atomic E-state index is 0.223. The fourth-order valence-electron chi connectivity index (χ4n) is 6.57. The molecule has 0 aromatic heterocycles. The van der Waals surface area contributed by atoms with Crippen molar-refractivity contribution in [2.45, 2.75) is 96.4 Å². The minimum Gasteiger partial charge on any atom is -0.544 e. The number of benzene rings is 1. The van der Waals surface area contributed by atoms with Crippen LogP contribution in [0, 0.1) is 17.3 Å². The molecule has 3 aliphatic rings. The van der Waals surface area contributed by atoms with Crippen LogP contribution in [0.4, 0.5) is 0 Å². The SMILES string of the molecule is CC12CCC3c4ccc(O[Si](C)(C)C)cc4CC(O)C3C1CCC2O[Si](C)(C)C. The highest BCUT2D eigenvalue weighted by Gasteiger charge is 2.57. The maximum atomic E-state index is 11.3. The highest BCUT2D eigenvalue weighted by atomic mass is 28.4. The van der Waals surface area contributed by atoms with E-state index in [0.29, 0.717) is 23.9 Å². The van der Waals surface area contributed by atoms with Crippen LogP contribution >= 0.6 is 0 Å². The van der Waals surface area contributed by atoms with Crippen molar-refractivity contribution < 1.29 is 14.0 Å². The number of fused-ring (bicyclic) bond motifs is 5. The van der Waals surface area contributed by atoms with Crippen LogP contribution in [0.25, 0.3) is 0 Å². The third kappa shape index (κ3) is 4.12. The van der Waals surface area contributed by atoms with Crippen LogP contribution in [0.1, 0.15) is 49.7 Å². The standard InChI is InChI=1S/C24H40O3Si2/c1-24-13-12-19-18-9-8-17(26-28(2,3)4)14-16(18)15-21(25)23(19)20(24)10-11-22(24)27-29(5,6)7/h8-9,14,19-23,25H,10-13,15H2,1-7H3. The topological polar surface area (TPSA) is 38.7 Å². The maximum Gasteiger partial charge on any atom is 0.242 e. The zero-order chi connectivity index (χ0) is 21.2. The highest BCUT2D eigenvalue weighted by Crippen LogP contribution is 2.61. The van der Waals surface area contributed by atoms with Gasteiger partial charge in [-0.25, -0.2) is 0 Å². The van der Waals surface area contributed by atoms with Gasteiger partial charge in [0.25, 0.3) is 0 Å². The summed E-state index contributed by atoms with van der Waals surface area (Å²) in [6.07, 6.45) is 5.65. The van der Waals surface area contributed by atoms with Gasteiger partial charge >= 0.3 is 0 Å². The lowest BCUT2D eigenvalue weighted by Gasteiger charge is -2.52. The first-order chi connectivity index (χ1) is 13.4. The van der Waals surface area contributed by atoms with Gasteiger partial charge in [-0.15, -0.1) is 0 Å². The fraction of sp³-hybridized carbons (Fsp3) is 0.750. The van der Waals surface area contributed by atoms with Crippen molar-refractivity contribution in [2.24, 2.45) is 17.3 Å². The first-order valence-corrected chi connectivity index (χ1v) is 18.4. The molecule has 0 saturated heterocycles. The van der Waals surface area contributed by atoms with Crippen molar-refractivity contribution in [3.63, 3.8) is 0 Å². The van der Waals surface area contributed by atoms with Crippen molar-refractivity contribution in [2.75, 3.05) is 0 Å². The van der Waals surface area contributed by atoms with Gasteiger partial charge in [-0.3, -0.25) is 0 Å². The van der Waals surface area contributed by atoms with E-state index in [2.05, 4.69) is 64.4 Å². The van der Waals surface area contributed by atoms with E-state index in [1.807, 2.05) is 0 Å². The molecule has 0 spiro atoms. The van der Waals surface area contributed by atoms with Crippen LogP contribution < -0.4 is 4.43 Å². The van der Waals surface area contributed by atoms with Crippen molar-refractivity contribution in [1.29, 1.82) is 0 Å². The number of hydrogen-bond acceptors (Lipinski definition) is 3. The summed E-state index contributed by atoms with van der Waals surface area (Å²) in [7, 11) is -3.19. The predicted octanol–water partition coefficient (Wildman–Crippen LogP) is 5.95. The van der Waals surface area contributed by atoms with Crippen LogP contribution in [-0.4, -0.2) is 33.9 Å². The first-order valence-electron chi connectivity index (χ1n) is 11.6. The zero-order valence-corrected chi connectivity index (χ0v) is 21.4. The summed E-state index contributed by atoms with van der Waals surface area (Å²) in [5, 5.41) is 11.3. The molecule has 0 radical (unpaired) electrons. The third-order valence-corrected chi connectivity index (χ3v) is 9.39. The number of rotatable bonds is 4. The molecule has 1 aromatic rings. The van der Waals surface area contributed by atoms with Gasteiger partial charge in [0.05, 0.1) is 12.2 Å². The average Bonchev–Trinajstić information content (AvgIpc) is 2.88. The summed E-state index contributed by atoms with van der Waals surface area (Å²) >= 11 is 0. The molecule has 2 saturated carbocycles. The normalized spacial score (nSPS) is 36.9. The molecule has 6 atom stereocenters. The molecule has 0 heterocycles. The Morgan fingerprint density at radius 1 is 1.00 bits per heavy atom. The third-order valence-electron chi connectivity index (χ3n) is 7.55. The molecule has 2 fully saturated rings. The van der Waals surface area contributed by atoms with E-state index in [1.165, 1.54) is 30.4 Å². The van der Waals surface area contributed by atoms with Crippen molar-refractivity contribution in [3.05, 3.63) is 29.3 Å². The van der Waals surface area contributed by atoms with Gasteiger partial charge in [0.15, 0.2) is 8.32 Å². The Labute approximate surface area is 179 Å². The maximum absolute atomic E-state index is 11.3. The predicted molar refractivity (Wildman–Crippen MR) is 125 cm³/mol. The average molecular weight is 433 g/mol. The molecule has 4 rings (SSSR count). The Kier molecular flexibility index (Phi) is 5.37. The van der Waals surface area contributed by atoms with Gasteiger partial charge in [-0.05, 0) is 118 Å². The molecule has 0 aliphatic heterocycles. The number of aliphatic hydroxyl groups excluding tert-OH is 1. The molecule has 1 aromatic carbocycles. The lowest BCUT2D eigenvalue weighted by Crippen LogP contribution is -2.50. The molecule has 3 nitrogen and oxygen atoms in total. The Morgan fingerprint density at radius 3 is 2.38 bits per heavy atom. The molecular formula is C24H40O3Si2. The summed E-state index contributed by atoms with van der Waals surface area (Å²) in [6.45, 7) is 16.0. The molecule has 6 unspecified atom stereocenters. The summed E-state index contributed by atoms with van der Waals surface area (Å²) in [4.78, 5) is 0. The lowest BCUT2D eigenvalue weighted by molar-refractivity contribution is -0.0579. The van der Waals surface area contributed by atoms with Crippen LogP contribution in [0.3, 0.4) is 0 Å². The minimum atomic E-state index is -1.62. The van der Waals surface area contributed by atoms with E-state index in [4.69, 9.17) is 8.85 Å². The van der Waals surface area contributed by atoms with Gasteiger partial charge in [0.1, 0.15) is 5.75 Å². The quantitative estimate of drug-likeness (QED) is 0.598. The second kappa shape index (κ2) is 7.21. The van der Waals surface area contributed by atoms with Gasteiger partial charge < -0.3 is 14.0 Å². The van der Waals surface area contributed by atoms with E-state index in [9.17, 15) is 5.11 Å². The molecule has 0 amide bonds. The smallest absolute Gasteiger partial charge is 0.242 e. The Balaban J connectivity index is 1.61. The summed E-state index contributed by atoms with van der Waals surface area (Å²) in [6, 6.07) is 6.69. The highest BCUT2D eigenvalue weighted by molar-refractivity contribution is 6.70. The van der Waals surface area contributed by atoms with Crippen LogP contribution in [-0.2, 0) is 10.8 Å². The van der Waals surface area contributed by atoms with Crippen molar-refractivity contribution in [3.8, 4) is 5.75 Å². The van der Waals surface area contributed by atoms with Crippen molar-refractivity contribution >= 4 is 16.6 Å². The van der Waals surface area contributed by atoms with Gasteiger partial charge in [0, 0.05) is 0 Å². The van der Waals surface area contributed by atoms with Gasteiger partial charge in [-0.2, -0.15) is 0 Å². The molecular weight excluding hydrogens is 392 g/mol. The van der Waals surface area contributed by atoms with Crippen molar-refractivity contribution in [1.82, 2.24) is 0 Å². The molecule has 5 heteroatoms. The van der Waals surface area contributed by atoms with Gasteiger partial charge in [0.2, 0.25) is 8.32 Å². The van der Waals surface area contributed by atoms with E-state index in [1.54, 1.807) is 0 Å². The van der Waals surface area contributed by atoms with Crippen LogP contribution in [0.15, 0.2) is 18.2 Å². The van der Waals surface area contributed by atoms with E-state index in [-0.39, 0.29) is 11.5 Å². The van der Waals surface area contributed by atoms with Crippen LogP contribution in [0.2, 0.25) is 39.3 Å². The first kappa shape index (κ1) is 21.6. The molecule has 3 aliphatic carbocycles. The molecule has 29 heavy (non-hydrogen) atoms. The van der Waals surface area contributed by atoms with E-state index >= 15 is 0 Å².